The van der Waals surface area contributed by atoms with Crippen LogP contribution in [-0.2, 0) is 13.1 Å². The van der Waals surface area contributed by atoms with Crippen LogP contribution >= 0.6 is 0 Å². The first kappa shape index (κ1) is 13.6. The van der Waals surface area contributed by atoms with Gasteiger partial charge in [0.25, 0.3) is 0 Å². The lowest BCUT2D eigenvalue weighted by molar-refractivity contribution is 0.283. The SMILES string of the molecule is C=CCN(Cc1ccccc1)Cc1c(C)noc1C. The van der Waals surface area contributed by atoms with Gasteiger partial charge in [-0.05, 0) is 19.4 Å². The molecule has 0 aliphatic carbocycles. The molecule has 0 saturated heterocycles. The molecular formula is C16H20N2O. The molecule has 2 aromatic rings. The van der Waals surface area contributed by atoms with Crippen LogP contribution in [0, 0.1) is 13.8 Å². The first-order valence-corrected chi connectivity index (χ1v) is 6.49. The third-order valence-electron chi connectivity index (χ3n) is 3.20. The Hall–Kier alpha value is -1.87. The molecule has 1 heterocycles. The van der Waals surface area contributed by atoms with Crippen molar-refractivity contribution < 1.29 is 4.52 Å². The van der Waals surface area contributed by atoms with Crippen molar-refractivity contribution in [1.82, 2.24) is 10.1 Å². The van der Waals surface area contributed by atoms with E-state index >= 15 is 0 Å². The number of hydrogen-bond donors (Lipinski definition) is 0. The van der Waals surface area contributed by atoms with E-state index in [-0.39, 0.29) is 0 Å². The van der Waals surface area contributed by atoms with Crippen LogP contribution < -0.4 is 0 Å². The fourth-order valence-corrected chi connectivity index (χ4v) is 2.16. The first-order chi connectivity index (χ1) is 9.20. The summed E-state index contributed by atoms with van der Waals surface area (Å²) in [5, 5.41) is 4.01. The van der Waals surface area contributed by atoms with Gasteiger partial charge in [0.1, 0.15) is 5.76 Å². The summed E-state index contributed by atoms with van der Waals surface area (Å²) in [6.45, 7) is 10.4. The molecule has 0 fully saturated rings. The number of benzene rings is 1. The molecule has 1 aromatic carbocycles. The number of hydrogen-bond acceptors (Lipinski definition) is 3. The Morgan fingerprint density at radius 1 is 1.21 bits per heavy atom. The van der Waals surface area contributed by atoms with Crippen molar-refractivity contribution in [3.63, 3.8) is 0 Å². The summed E-state index contributed by atoms with van der Waals surface area (Å²) in [5.41, 5.74) is 3.45. The van der Waals surface area contributed by atoms with Gasteiger partial charge < -0.3 is 4.52 Å². The van der Waals surface area contributed by atoms with Gasteiger partial charge in [-0.2, -0.15) is 0 Å². The van der Waals surface area contributed by atoms with Crippen LogP contribution in [0.4, 0.5) is 0 Å². The minimum absolute atomic E-state index is 0.835. The van der Waals surface area contributed by atoms with E-state index in [1.54, 1.807) is 0 Å². The first-order valence-electron chi connectivity index (χ1n) is 6.49. The van der Waals surface area contributed by atoms with Crippen molar-refractivity contribution in [3.8, 4) is 0 Å². The maximum Gasteiger partial charge on any atom is 0.138 e. The second kappa shape index (κ2) is 6.34. The van der Waals surface area contributed by atoms with Crippen LogP contribution in [0.2, 0.25) is 0 Å². The second-order valence-electron chi connectivity index (χ2n) is 4.75. The van der Waals surface area contributed by atoms with Crippen molar-refractivity contribution in [2.45, 2.75) is 26.9 Å². The molecular weight excluding hydrogens is 236 g/mol. The van der Waals surface area contributed by atoms with Gasteiger partial charge >= 0.3 is 0 Å². The lowest BCUT2D eigenvalue weighted by atomic mass is 10.1. The molecule has 1 aromatic heterocycles. The number of aryl methyl sites for hydroxylation is 2. The molecule has 0 unspecified atom stereocenters. The predicted octanol–water partition coefficient (Wildman–Crippen LogP) is 3.48. The normalized spacial score (nSPS) is 10.9. The van der Waals surface area contributed by atoms with Crippen molar-refractivity contribution in [3.05, 3.63) is 65.6 Å². The zero-order valence-corrected chi connectivity index (χ0v) is 11.6. The Kier molecular flexibility index (Phi) is 4.53. The Bertz CT molecular complexity index is 511. The quantitative estimate of drug-likeness (QED) is 0.741. The molecule has 0 saturated carbocycles. The monoisotopic (exact) mass is 256 g/mol. The zero-order chi connectivity index (χ0) is 13.7. The van der Waals surface area contributed by atoms with Crippen LogP contribution in [0.5, 0.6) is 0 Å². The molecule has 0 atom stereocenters. The minimum atomic E-state index is 0.835. The summed E-state index contributed by atoms with van der Waals surface area (Å²) in [4.78, 5) is 2.33. The minimum Gasteiger partial charge on any atom is -0.361 e. The average Bonchev–Trinajstić information content (AvgIpc) is 2.72. The van der Waals surface area contributed by atoms with Crippen LogP contribution in [0.1, 0.15) is 22.6 Å². The highest BCUT2D eigenvalue weighted by molar-refractivity contribution is 5.21. The van der Waals surface area contributed by atoms with E-state index in [0.29, 0.717) is 0 Å². The molecule has 0 amide bonds. The van der Waals surface area contributed by atoms with Crippen LogP contribution in [0.15, 0.2) is 47.5 Å². The van der Waals surface area contributed by atoms with E-state index in [1.807, 2.05) is 26.0 Å². The maximum absolute atomic E-state index is 5.22. The fraction of sp³-hybridized carbons (Fsp3) is 0.312. The van der Waals surface area contributed by atoms with E-state index in [2.05, 4.69) is 40.9 Å². The Balaban J connectivity index is 2.10. The van der Waals surface area contributed by atoms with Crippen LogP contribution in [0.25, 0.3) is 0 Å². The molecule has 0 N–H and O–H groups in total. The van der Waals surface area contributed by atoms with E-state index in [0.717, 1.165) is 31.1 Å². The van der Waals surface area contributed by atoms with Gasteiger partial charge in [0.15, 0.2) is 0 Å². The summed E-state index contributed by atoms with van der Waals surface area (Å²) in [6, 6.07) is 10.5. The summed E-state index contributed by atoms with van der Waals surface area (Å²) >= 11 is 0. The van der Waals surface area contributed by atoms with E-state index < -0.39 is 0 Å². The lowest BCUT2D eigenvalue weighted by Crippen LogP contribution is -2.23. The smallest absolute Gasteiger partial charge is 0.138 e. The van der Waals surface area contributed by atoms with E-state index in [1.165, 1.54) is 11.1 Å². The van der Waals surface area contributed by atoms with Gasteiger partial charge in [-0.1, -0.05) is 41.6 Å². The molecule has 0 spiro atoms. The van der Waals surface area contributed by atoms with Gasteiger partial charge in [0.05, 0.1) is 5.69 Å². The Labute approximate surface area is 114 Å². The molecule has 0 bridgehead atoms. The highest BCUT2D eigenvalue weighted by Gasteiger charge is 2.13. The highest BCUT2D eigenvalue weighted by atomic mass is 16.5. The molecule has 0 aliphatic heterocycles. The molecule has 0 radical (unpaired) electrons. The molecule has 3 heteroatoms. The van der Waals surface area contributed by atoms with Crippen LogP contribution in [0.3, 0.4) is 0 Å². The molecule has 19 heavy (non-hydrogen) atoms. The Morgan fingerprint density at radius 3 is 2.53 bits per heavy atom. The number of rotatable bonds is 6. The molecule has 3 nitrogen and oxygen atoms in total. The highest BCUT2D eigenvalue weighted by Crippen LogP contribution is 2.16. The van der Waals surface area contributed by atoms with Crippen molar-refractivity contribution in [2.24, 2.45) is 0 Å². The molecule has 0 aliphatic rings. The van der Waals surface area contributed by atoms with Crippen molar-refractivity contribution >= 4 is 0 Å². The third kappa shape index (κ3) is 3.55. The van der Waals surface area contributed by atoms with Crippen LogP contribution in [-0.4, -0.2) is 16.6 Å². The summed E-state index contributed by atoms with van der Waals surface area (Å²) in [6.07, 6.45) is 1.93. The summed E-state index contributed by atoms with van der Waals surface area (Å²) < 4.78 is 5.22. The van der Waals surface area contributed by atoms with Gasteiger partial charge in [0, 0.05) is 25.2 Å². The largest absolute Gasteiger partial charge is 0.361 e. The second-order valence-corrected chi connectivity index (χ2v) is 4.75. The third-order valence-corrected chi connectivity index (χ3v) is 3.20. The van der Waals surface area contributed by atoms with Crippen molar-refractivity contribution in [1.29, 1.82) is 0 Å². The van der Waals surface area contributed by atoms with Gasteiger partial charge in [-0.25, -0.2) is 0 Å². The summed E-state index contributed by atoms with van der Waals surface area (Å²) in [7, 11) is 0. The zero-order valence-electron chi connectivity index (χ0n) is 11.6. The lowest BCUT2D eigenvalue weighted by Gasteiger charge is -2.20. The predicted molar refractivity (Wildman–Crippen MR) is 76.7 cm³/mol. The molecule has 100 valence electrons. The van der Waals surface area contributed by atoms with Gasteiger partial charge in [-0.15, -0.1) is 6.58 Å². The number of nitrogens with zero attached hydrogens (tertiary/aromatic N) is 2. The van der Waals surface area contributed by atoms with Gasteiger partial charge in [-0.3, -0.25) is 4.90 Å². The molecule has 2 rings (SSSR count). The van der Waals surface area contributed by atoms with Crippen molar-refractivity contribution in [2.75, 3.05) is 6.54 Å². The van der Waals surface area contributed by atoms with E-state index in [4.69, 9.17) is 4.52 Å². The summed E-state index contributed by atoms with van der Waals surface area (Å²) in [5.74, 6) is 0.902. The Morgan fingerprint density at radius 2 is 1.95 bits per heavy atom. The van der Waals surface area contributed by atoms with E-state index in [9.17, 15) is 0 Å². The standard InChI is InChI=1S/C16H20N2O/c1-4-10-18(11-15-8-6-5-7-9-15)12-16-13(2)17-19-14(16)3/h4-9H,1,10-12H2,2-3H3. The maximum atomic E-state index is 5.22. The fourth-order valence-electron chi connectivity index (χ4n) is 2.16. The number of aromatic nitrogens is 1. The van der Waals surface area contributed by atoms with Gasteiger partial charge in [0.2, 0.25) is 0 Å². The topological polar surface area (TPSA) is 29.3 Å². The average molecular weight is 256 g/mol.